The van der Waals surface area contributed by atoms with Gasteiger partial charge in [-0.05, 0) is 19.3 Å². The second-order valence-corrected chi connectivity index (χ2v) is 4.62. The first-order valence-electron chi connectivity index (χ1n) is 4.76. The predicted octanol–water partition coefficient (Wildman–Crippen LogP) is 1.96. The smallest absolute Gasteiger partial charge is 0.193 e. The number of nitrogens with zero attached hydrogens (tertiary/aromatic N) is 2. The monoisotopic (exact) mass is 210 g/mol. The van der Waals surface area contributed by atoms with E-state index < -0.39 is 0 Å². The molecule has 0 aliphatic rings. The largest absolute Gasteiger partial charge is 0.393 e. The second kappa shape index (κ2) is 3.71. The molecule has 14 heavy (non-hydrogen) atoms. The third kappa shape index (κ3) is 1.81. The Morgan fingerprint density at radius 3 is 3.00 bits per heavy atom. The SMILES string of the molecule is CC(O)C(C)Cc1cn2ccsc2n1. The van der Waals surface area contributed by atoms with Crippen molar-refractivity contribution in [1.29, 1.82) is 0 Å². The van der Waals surface area contributed by atoms with Crippen molar-refractivity contribution in [3.05, 3.63) is 23.5 Å². The highest BCUT2D eigenvalue weighted by Gasteiger charge is 2.12. The molecule has 0 aromatic carbocycles. The maximum Gasteiger partial charge on any atom is 0.193 e. The van der Waals surface area contributed by atoms with E-state index in [0.717, 1.165) is 17.1 Å². The Morgan fingerprint density at radius 1 is 1.57 bits per heavy atom. The zero-order chi connectivity index (χ0) is 10.1. The van der Waals surface area contributed by atoms with Crippen LogP contribution in [-0.2, 0) is 6.42 Å². The second-order valence-electron chi connectivity index (χ2n) is 3.75. The molecule has 4 heteroatoms. The van der Waals surface area contributed by atoms with Crippen LogP contribution in [-0.4, -0.2) is 20.6 Å². The van der Waals surface area contributed by atoms with Gasteiger partial charge in [0.2, 0.25) is 0 Å². The molecule has 2 rings (SSSR count). The van der Waals surface area contributed by atoms with Crippen LogP contribution < -0.4 is 0 Å². The minimum absolute atomic E-state index is 0.264. The van der Waals surface area contributed by atoms with Crippen LogP contribution in [0.4, 0.5) is 0 Å². The Kier molecular flexibility index (Phi) is 2.56. The van der Waals surface area contributed by atoms with Crippen molar-refractivity contribution in [2.24, 2.45) is 5.92 Å². The van der Waals surface area contributed by atoms with Crippen LogP contribution in [0.1, 0.15) is 19.5 Å². The summed E-state index contributed by atoms with van der Waals surface area (Å²) >= 11 is 1.63. The van der Waals surface area contributed by atoms with Gasteiger partial charge in [-0.15, -0.1) is 11.3 Å². The van der Waals surface area contributed by atoms with E-state index >= 15 is 0 Å². The Morgan fingerprint density at radius 2 is 2.36 bits per heavy atom. The molecule has 0 saturated heterocycles. The number of hydrogen-bond acceptors (Lipinski definition) is 3. The molecule has 1 N–H and O–H groups in total. The quantitative estimate of drug-likeness (QED) is 0.840. The minimum Gasteiger partial charge on any atom is -0.393 e. The van der Waals surface area contributed by atoms with E-state index in [1.165, 1.54) is 0 Å². The lowest BCUT2D eigenvalue weighted by Gasteiger charge is -2.11. The van der Waals surface area contributed by atoms with Crippen molar-refractivity contribution in [3.8, 4) is 0 Å². The van der Waals surface area contributed by atoms with Crippen LogP contribution in [0.15, 0.2) is 17.8 Å². The molecule has 0 fully saturated rings. The van der Waals surface area contributed by atoms with Crippen molar-refractivity contribution in [2.45, 2.75) is 26.4 Å². The van der Waals surface area contributed by atoms with Gasteiger partial charge in [0.1, 0.15) is 0 Å². The third-order valence-electron chi connectivity index (χ3n) is 2.50. The molecule has 2 aromatic rings. The highest BCUT2D eigenvalue weighted by Crippen LogP contribution is 2.15. The van der Waals surface area contributed by atoms with Gasteiger partial charge in [-0.2, -0.15) is 0 Å². The lowest BCUT2D eigenvalue weighted by atomic mass is 10.0. The predicted molar refractivity (Wildman–Crippen MR) is 57.6 cm³/mol. The summed E-state index contributed by atoms with van der Waals surface area (Å²) in [6, 6.07) is 0. The summed E-state index contributed by atoms with van der Waals surface area (Å²) in [6.45, 7) is 3.86. The minimum atomic E-state index is -0.269. The number of imidazole rings is 1. The summed E-state index contributed by atoms with van der Waals surface area (Å²) < 4.78 is 2.02. The zero-order valence-corrected chi connectivity index (χ0v) is 9.16. The Hall–Kier alpha value is -0.870. The topological polar surface area (TPSA) is 37.5 Å². The number of fused-ring (bicyclic) bond motifs is 1. The fourth-order valence-corrected chi connectivity index (χ4v) is 2.09. The highest BCUT2D eigenvalue weighted by atomic mass is 32.1. The van der Waals surface area contributed by atoms with E-state index in [-0.39, 0.29) is 12.0 Å². The maximum absolute atomic E-state index is 9.38. The molecule has 0 bridgehead atoms. The molecule has 3 nitrogen and oxygen atoms in total. The molecule has 0 aliphatic carbocycles. The number of aliphatic hydroxyl groups is 1. The lowest BCUT2D eigenvalue weighted by Crippen LogP contribution is -2.15. The first kappa shape index (κ1) is 9.68. The van der Waals surface area contributed by atoms with Gasteiger partial charge in [-0.25, -0.2) is 4.98 Å². The van der Waals surface area contributed by atoms with Crippen molar-refractivity contribution in [2.75, 3.05) is 0 Å². The van der Waals surface area contributed by atoms with Crippen molar-refractivity contribution >= 4 is 16.3 Å². The van der Waals surface area contributed by atoms with Gasteiger partial charge < -0.3 is 5.11 Å². The van der Waals surface area contributed by atoms with Crippen LogP contribution in [0.25, 0.3) is 4.96 Å². The van der Waals surface area contributed by atoms with E-state index in [9.17, 15) is 5.11 Å². The van der Waals surface area contributed by atoms with Gasteiger partial charge in [0.05, 0.1) is 11.8 Å². The molecular weight excluding hydrogens is 196 g/mol. The number of hydrogen-bond donors (Lipinski definition) is 1. The molecule has 2 atom stereocenters. The summed E-state index contributed by atoms with van der Waals surface area (Å²) in [5, 5.41) is 11.4. The molecule has 2 heterocycles. The van der Waals surface area contributed by atoms with Crippen molar-refractivity contribution in [3.63, 3.8) is 0 Å². The molecule has 2 aromatic heterocycles. The van der Waals surface area contributed by atoms with Crippen LogP contribution in [0, 0.1) is 5.92 Å². The van der Waals surface area contributed by atoms with Crippen molar-refractivity contribution in [1.82, 2.24) is 9.38 Å². The van der Waals surface area contributed by atoms with Crippen LogP contribution in [0.2, 0.25) is 0 Å². The van der Waals surface area contributed by atoms with Gasteiger partial charge in [0.25, 0.3) is 0 Å². The first-order chi connectivity index (χ1) is 6.66. The van der Waals surface area contributed by atoms with Gasteiger partial charge in [0.15, 0.2) is 4.96 Å². The van der Waals surface area contributed by atoms with E-state index in [0.29, 0.717) is 0 Å². The van der Waals surface area contributed by atoms with E-state index in [1.54, 1.807) is 11.3 Å². The zero-order valence-electron chi connectivity index (χ0n) is 8.34. The summed E-state index contributed by atoms with van der Waals surface area (Å²) in [5.41, 5.74) is 1.06. The summed E-state index contributed by atoms with van der Waals surface area (Å²) in [4.78, 5) is 5.49. The molecule has 0 radical (unpaired) electrons. The third-order valence-corrected chi connectivity index (χ3v) is 3.27. The molecule has 2 unspecified atom stereocenters. The lowest BCUT2D eigenvalue weighted by molar-refractivity contribution is 0.134. The fraction of sp³-hybridized carbons (Fsp3) is 0.500. The average molecular weight is 210 g/mol. The van der Waals surface area contributed by atoms with Crippen LogP contribution in [0.5, 0.6) is 0 Å². The molecule has 76 valence electrons. The number of rotatable bonds is 3. The van der Waals surface area contributed by atoms with Crippen LogP contribution >= 0.6 is 11.3 Å². The highest BCUT2D eigenvalue weighted by molar-refractivity contribution is 7.15. The normalized spacial score (nSPS) is 15.9. The fourth-order valence-electron chi connectivity index (χ4n) is 1.37. The number of aromatic nitrogens is 2. The number of thiazole rings is 1. The summed E-state index contributed by atoms with van der Waals surface area (Å²) in [6.07, 6.45) is 4.61. The molecule has 0 aliphatic heterocycles. The van der Waals surface area contributed by atoms with Gasteiger partial charge in [-0.1, -0.05) is 6.92 Å². The van der Waals surface area contributed by atoms with Gasteiger partial charge in [0, 0.05) is 17.8 Å². The number of aliphatic hydroxyl groups excluding tert-OH is 1. The Bertz CT molecular complexity index is 390. The Labute approximate surface area is 87.0 Å². The van der Waals surface area contributed by atoms with Crippen molar-refractivity contribution < 1.29 is 5.11 Å². The van der Waals surface area contributed by atoms with Gasteiger partial charge >= 0.3 is 0 Å². The first-order valence-corrected chi connectivity index (χ1v) is 5.64. The maximum atomic E-state index is 9.38. The standard InChI is InChI=1S/C10H14N2OS/c1-7(8(2)13)5-9-6-12-3-4-14-10(12)11-9/h3-4,6-8,13H,5H2,1-2H3. The van der Waals surface area contributed by atoms with E-state index in [4.69, 9.17) is 0 Å². The molecule has 0 spiro atoms. The van der Waals surface area contributed by atoms with E-state index in [1.807, 2.05) is 36.0 Å². The van der Waals surface area contributed by atoms with Crippen LogP contribution in [0.3, 0.4) is 0 Å². The molecular formula is C10H14N2OS. The van der Waals surface area contributed by atoms with E-state index in [2.05, 4.69) is 4.98 Å². The molecule has 0 saturated carbocycles. The molecule has 0 amide bonds. The average Bonchev–Trinajstić information content (AvgIpc) is 2.63. The summed E-state index contributed by atoms with van der Waals surface area (Å²) in [7, 11) is 0. The Balaban J connectivity index is 2.15. The summed E-state index contributed by atoms with van der Waals surface area (Å²) in [5.74, 6) is 0.264. The van der Waals surface area contributed by atoms with Gasteiger partial charge in [-0.3, -0.25) is 4.40 Å².